The van der Waals surface area contributed by atoms with E-state index >= 15 is 0 Å². The fourth-order valence-corrected chi connectivity index (χ4v) is 1.88. The zero-order valence-electron chi connectivity index (χ0n) is 9.09. The molecule has 3 N–H and O–H groups in total. The fourth-order valence-electron chi connectivity index (χ4n) is 1.06. The highest BCUT2D eigenvalue weighted by Gasteiger charge is 2.11. The average molecular weight is 211 g/mol. The maximum Gasteiger partial charge on any atom is 0.153 e. The van der Waals surface area contributed by atoms with E-state index in [1.54, 1.807) is 11.3 Å². The van der Waals surface area contributed by atoms with Crippen LogP contribution in [0.15, 0.2) is 17.1 Å². The maximum atomic E-state index is 5.45. The summed E-state index contributed by atoms with van der Waals surface area (Å²) in [4.78, 5) is 6.85. The highest BCUT2D eigenvalue weighted by molar-refractivity contribution is 7.14. The number of aryl methyl sites for hydroxylation is 1. The number of nitrogens with one attached hydrogen (secondary N) is 1. The van der Waals surface area contributed by atoms with Crippen molar-refractivity contribution in [3.8, 4) is 0 Å². The van der Waals surface area contributed by atoms with Gasteiger partial charge in [-0.05, 0) is 39.8 Å². The standard InChI is InChI=1S/C10H17N3S/c1-7-5-6-8(14-7)9(13-11)12-10(2,3)4/h5-6H,11H2,1-4H3,(H,12,13). The van der Waals surface area contributed by atoms with Crippen molar-refractivity contribution in [1.29, 1.82) is 0 Å². The van der Waals surface area contributed by atoms with E-state index in [9.17, 15) is 0 Å². The zero-order valence-corrected chi connectivity index (χ0v) is 9.90. The molecule has 0 bridgehead atoms. The molecule has 4 heteroatoms. The van der Waals surface area contributed by atoms with Crippen molar-refractivity contribution >= 4 is 17.2 Å². The molecule has 3 nitrogen and oxygen atoms in total. The van der Waals surface area contributed by atoms with Crippen LogP contribution in [0, 0.1) is 6.92 Å². The summed E-state index contributed by atoms with van der Waals surface area (Å²) in [6.07, 6.45) is 0. The van der Waals surface area contributed by atoms with Crippen LogP contribution in [0.1, 0.15) is 30.5 Å². The van der Waals surface area contributed by atoms with Crippen LogP contribution in [0.25, 0.3) is 0 Å². The Hall–Kier alpha value is -0.870. The van der Waals surface area contributed by atoms with Gasteiger partial charge in [-0.25, -0.2) is 5.84 Å². The first-order valence-corrected chi connectivity index (χ1v) is 5.37. The van der Waals surface area contributed by atoms with Gasteiger partial charge < -0.3 is 5.43 Å². The van der Waals surface area contributed by atoms with E-state index in [0.717, 1.165) is 10.7 Å². The molecule has 78 valence electrons. The van der Waals surface area contributed by atoms with Crippen molar-refractivity contribution in [3.05, 3.63) is 21.9 Å². The van der Waals surface area contributed by atoms with E-state index in [4.69, 9.17) is 5.84 Å². The predicted octanol–water partition coefficient (Wildman–Crippen LogP) is 2.06. The molecule has 0 fully saturated rings. The van der Waals surface area contributed by atoms with Crippen LogP contribution in [0.5, 0.6) is 0 Å². The monoisotopic (exact) mass is 211 g/mol. The molecule has 1 aromatic heterocycles. The molecule has 0 unspecified atom stereocenters. The summed E-state index contributed by atoms with van der Waals surface area (Å²) in [5.74, 6) is 6.21. The Morgan fingerprint density at radius 2 is 2.07 bits per heavy atom. The molecule has 0 spiro atoms. The number of hydrogen-bond acceptors (Lipinski definition) is 3. The lowest BCUT2D eigenvalue weighted by Gasteiger charge is -2.14. The first-order valence-electron chi connectivity index (χ1n) is 4.55. The Kier molecular flexibility index (Phi) is 3.29. The second-order valence-corrected chi connectivity index (χ2v) is 5.47. The van der Waals surface area contributed by atoms with Crippen molar-refractivity contribution in [2.45, 2.75) is 33.2 Å². The van der Waals surface area contributed by atoms with Gasteiger partial charge in [0.05, 0.1) is 10.4 Å². The number of rotatable bonds is 1. The first kappa shape index (κ1) is 11.2. The molecular weight excluding hydrogens is 194 g/mol. The molecule has 1 aromatic rings. The smallest absolute Gasteiger partial charge is 0.153 e. The molecule has 0 aromatic carbocycles. The number of nitrogens with two attached hydrogens (primary N) is 1. The van der Waals surface area contributed by atoms with Gasteiger partial charge >= 0.3 is 0 Å². The van der Waals surface area contributed by atoms with Gasteiger partial charge in [-0.1, -0.05) is 0 Å². The Morgan fingerprint density at radius 1 is 1.43 bits per heavy atom. The third-order valence-electron chi connectivity index (χ3n) is 1.56. The van der Waals surface area contributed by atoms with Gasteiger partial charge in [0, 0.05) is 4.88 Å². The van der Waals surface area contributed by atoms with Crippen molar-refractivity contribution in [2.24, 2.45) is 10.8 Å². The molecular formula is C10H17N3S. The number of nitrogens with zero attached hydrogens (tertiary/aromatic N) is 1. The topological polar surface area (TPSA) is 50.4 Å². The third-order valence-corrected chi connectivity index (χ3v) is 2.57. The van der Waals surface area contributed by atoms with Crippen LogP contribution in [0.4, 0.5) is 0 Å². The van der Waals surface area contributed by atoms with Crippen molar-refractivity contribution in [1.82, 2.24) is 5.43 Å². The summed E-state index contributed by atoms with van der Waals surface area (Å²) in [7, 11) is 0. The van der Waals surface area contributed by atoms with Gasteiger partial charge in [0.15, 0.2) is 5.84 Å². The molecule has 0 atom stereocenters. The molecule has 0 aliphatic carbocycles. The predicted molar refractivity (Wildman–Crippen MR) is 62.7 cm³/mol. The summed E-state index contributed by atoms with van der Waals surface area (Å²) in [5.41, 5.74) is 2.54. The Bertz CT molecular complexity index is 333. The molecule has 0 aliphatic rings. The molecule has 0 amide bonds. The van der Waals surface area contributed by atoms with Gasteiger partial charge in [-0.3, -0.25) is 4.99 Å². The summed E-state index contributed by atoms with van der Waals surface area (Å²) >= 11 is 1.69. The summed E-state index contributed by atoms with van der Waals surface area (Å²) in [6.45, 7) is 8.21. The minimum Gasteiger partial charge on any atom is -0.308 e. The normalized spacial score (nSPS) is 13.1. The van der Waals surface area contributed by atoms with E-state index in [2.05, 4.69) is 23.4 Å². The highest BCUT2D eigenvalue weighted by Crippen LogP contribution is 2.17. The van der Waals surface area contributed by atoms with Crippen LogP contribution in [0.2, 0.25) is 0 Å². The second-order valence-electron chi connectivity index (χ2n) is 4.19. The molecule has 0 saturated carbocycles. The largest absolute Gasteiger partial charge is 0.308 e. The number of hydrazine groups is 1. The second kappa shape index (κ2) is 4.11. The van der Waals surface area contributed by atoms with Crippen LogP contribution in [0.3, 0.4) is 0 Å². The van der Waals surface area contributed by atoms with Crippen LogP contribution < -0.4 is 11.3 Å². The number of hydrogen-bond donors (Lipinski definition) is 2. The van der Waals surface area contributed by atoms with Crippen LogP contribution >= 0.6 is 11.3 Å². The molecule has 0 aliphatic heterocycles. The van der Waals surface area contributed by atoms with E-state index in [1.165, 1.54) is 4.88 Å². The Morgan fingerprint density at radius 3 is 2.43 bits per heavy atom. The lowest BCUT2D eigenvalue weighted by atomic mass is 10.1. The number of amidine groups is 1. The van der Waals surface area contributed by atoms with E-state index < -0.39 is 0 Å². The summed E-state index contributed by atoms with van der Waals surface area (Å²) in [6, 6.07) is 4.10. The lowest BCUT2D eigenvalue weighted by molar-refractivity contribution is 0.580. The average Bonchev–Trinajstić information content (AvgIpc) is 2.46. The van der Waals surface area contributed by atoms with E-state index in [0.29, 0.717) is 0 Å². The Labute approximate surface area is 89.0 Å². The molecule has 0 saturated heterocycles. The van der Waals surface area contributed by atoms with Crippen molar-refractivity contribution < 1.29 is 0 Å². The molecule has 0 radical (unpaired) electrons. The summed E-state index contributed by atoms with van der Waals surface area (Å²) < 4.78 is 0. The minimum atomic E-state index is -0.112. The van der Waals surface area contributed by atoms with Gasteiger partial charge in [0.25, 0.3) is 0 Å². The van der Waals surface area contributed by atoms with E-state index in [1.807, 2.05) is 26.8 Å². The fraction of sp³-hybridized carbons (Fsp3) is 0.500. The van der Waals surface area contributed by atoms with Crippen molar-refractivity contribution in [2.75, 3.05) is 0 Å². The van der Waals surface area contributed by atoms with Gasteiger partial charge in [0.2, 0.25) is 0 Å². The number of thiophene rings is 1. The van der Waals surface area contributed by atoms with Gasteiger partial charge in [0.1, 0.15) is 0 Å². The molecule has 14 heavy (non-hydrogen) atoms. The van der Waals surface area contributed by atoms with E-state index in [-0.39, 0.29) is 5.54 Å². The van der Waals surface area contributed by atoms with Crippen molar-refractivity contribution in [3.63, 3.8) is 0 Å². The highest BCUT2D eigenvalue weighted by atomic mass is 32.1. The zero-order chi connectivity index (χ0) is 10.8. The van der Waals surface area contributed by atoms with Crippen LogP contribution in [-0.2, 0) is 0 Å². The Balaban J connectivity index is 2.99. The summed E-state index contributed by atoms with van der Waals surface area (Å²) in [5, 5.41) is 0. The van der Waals surface area contributed by atoms with Gasteiger partial charge in [-0.15, -0.1) is 11.3 Å². The lowest BCUT2D eigenvalue weighted by Crippen LogP contribution is -2.33. The third kappa shape index (κ3) is 3.12. The van der Waals surface area contributed by atoms with Crippen LogP contribution in [-0.4, -0.2) is 11.4 Å². The molecule has 1 heterocycles. The first-order chi connectivity index (χ1) is 6.42. The quantitative estimate of drug-likeness (QED) is 0.323. The number of aliphatic imine (C=N–C) groups is 1. The van der Waals surface area contributed by atoms with Gasteiger partial charge in [-0.2, -0.15) is 0 Å². The maximum absolute atomic E-state index is 5.45. The molecule has 1 rings (SSSR count). The SMILES string of the molecule is Cc1ccc(C(=NC(C)(C)C)NN)s1. The minimum absolute atomic E-state index is 0.112.